The Morgan fingerprint density at radius 2 is 1.94 bits per heavy atom. The Bertz CT molecular complexity index is 225. The standard InChI is InChI=1S/C15H32N2S/c1-6-15(4,11-16-13(2)3)12-17-9-7-14(18-5)8-10-17/h13-14,16H,6-12H2,1-5H3. The van der Waals surface area contributed by atoms with Gasteiger partial charge < -0.3 is 10.2 Å². The summed E-state index contributed by atoms with van der Waals surface area (Å²) < 4.78 is 0. The molecule has 1 aliphatic heterocycles. The molecule has 2 nitrogen and oxygen atoms in total. The normalized spacial score (nSPS) is 22.3. The molecule has 0 aromatic rings. The summed E-state index contributed by atoms with van der Waals surface area (Å²) in [7, 11) is 0. The largest absolute Gasteiger partial charge is 0.314 e. The Hall–Kier alpha value is 0.270. The highest BCUT2D eigenvalue weighted by atomic mass is 32.2. The van der Waals surface area contributed by atoms with Gasteiger partial charge in [-0.3, -0.25) is 0 Å². The second kappa shape index (κ2) is 7.76. The average molecular weight is 273 g/mol. The van der Waals surface area contributed by atoms with Gasteiger partial charge >= 0.3 is 0 Å². The Kier molecular flexibility index (Phi) is 7.04. The van der Waals surface area contributed by atoms with Crippen LogP contribution in [-0.4, -0.2) is 48.6 Å². The average Bonchev–Trinajstić information content (AvgIpc) is 2.37. The summed E-state index contributed by atoms with van der Waals surface area (Å²) in [6, 6.07) is 0.595. The van der Waals surface area contributed by atoms with Crippen molar-refractivity contribution in [1.82, 2.24) is 10.2 Å². The maximum absolute atomic E-state index is 3.62. The Balaban J connectivity index is 2.38. The van der Waals surface area contributed by atoms with E-state index in [-0.39, 0.29) is 0 Å². The minimum Gasteiger partial charge on any atom is -0.314 e. The van der Waals surface area contributed by atoms with E-state index in [0.717, 1.165) is 11.8 Å². The van der Waals surface area contributed by atoms with Crippen LogP contribution in [0.15, 0.2) is 0 Å². The molecule has 1 rings (SSSR count). The molecule has 1 heterocycles. The minimum atomic E-state index is 0.427. The van der Waals surface area contributed by atoms with Gasteiger partial charge in [-0.2, -0.15) is 11.8 Å². The molecule has 1 unspecified atom stereocenters. The molecule has 0 spiro atoms. The predicted octanol–water partition coefficient (Wildman–Crippen LogP) is 3.23. The summed E-state index contributed by atoms with van der Waals surface area (Å²) in [4.78, 5) is 2.68. The lowest BCUT2D eigenvalue weighted by atomic mass is 9.86. The van der Waals surface area contributed by atoms with Crippen molar-refractivity contribution in [2.75, 3.05) is 32.4 Å². The first-order chi connectivity index (χ1) is 8.49. The third kappa shape index (κ3) is 5.50. The molecule has 108 valence electrons. The van der Waals surface area contributed by atoms with Gasteiger partial charge in [0.25, 0.3) is 0 Å². The van der Waals surface area contributed by atoms with E-state index in [1.54, 1.807) is 0 Å². The number of hydrogen-bond acceptors (Lipinski definition) is 3. The quantitative estimate of drug-likeness (QED) is 0.766. The van der Waals surface area contributed by atoms with Gasteiger partial charge in [-0.05, 0) is 44.0 Å². The second-order valence-corrected chi connectivity index (χ2v) is 7.55. The van der Waals surface area contributed by atoms with E-state index in [0.29, 0.717) is 11.5 Å². The fourth-order valence-corrected chi connectivity index (χ4v) is 3.27. The van der Waals surface area contributed by atoms with Crippen LogP contribution in [0, 0.1) is 5.41 Å². The maximum Gasteiger partial charge on any atom is 0.00685 e. The number of hydrogen-bond donors (Lipinski definition) is 1. The zero-order chi connectivity index (χ0) is 13.6. The number of rotatable bonds is 7. The first kappa shape index (κ1) is 16.3. The molecule has 1 fully saturated rings. The Morgan fingerprint density at radius 3 is 2.39 bits per heavy atom. The van der Waals surface area contributed by atoms with E-state index in [9.17, 15) is 0 Å². The molecule has 18 heavy (non-hydrogen) atoms. The summed E-state index contributed by atoms with van der Waals surface area (Å²) in [6.45, 7) is 14.2. The smallest absolute Gasteiger partial charge is 0.00685 e. The van der Waals surface area contributed by atoms with Gasteiger partial charge in [-0.25, -0.2) is 0 Å². The summed E-state index contributed by atoms with van der Waals surface area (Å²) in [5.41, 5.74) is 0.427. The van der Waals surface area contributed by atoms with Crippen LogP contribution in [0.25, 0.3) is 0 Å². The molecule has 0 bridgehead atoms. The molecule has 1 N–H and O–H groups in total. The molecule has 0 aromatic carbocycles. The second-order valence-electron chi connectivity index (χ2n) is 6.41. The van der Waals surface area contributed by atoms with Crippen LogP contribution < -0.4 is 5.32 Å². The van der Waals surface area contributed by atoms with Crippen molar-refractivity contribution in [3.05, 3.63) is 0 Å². The van der Waals surface area contributed by atoms with Crippen molar-refractivity contribution >= 4 is 11.8 Å². The topological polar surface area (TPSA) is 15.3 Å². The van der Waals surface area contributed by atoms with Crippen molar-refractivity contribution in [2.24, 2.45) is 5.41 Å². The van der Waals surface area contributed by atoms with E-state index in [2.05, 4.69) is 44.2 Å². The van der Waals surface area contributed by atoms with Crippen LogP contribution in [0.4, 0.5) is 0 Å². The molecule has 3 heteroatoms. The molecule has 0 radical (unpaired) electrons. The van der Waals surface area contributed by atoms with Gasteiger partial charge in [0.15, 0.2) is 0 Å². The van der Waals surface area contributed by atoms with Gasteiger partial charge in [0.05, 0.1) is 0 Å². The van der Waals surface area contributed by atoms with Crippen molar-refractivity contribution in [3.8, 4) is 0 Å². The third-order valence-corrected chi connectivity index (χ3v) is 5.40. The molecule has 1 aliphatic rings. The fraction of sp³-hybridized carbons (Fsp3) is 1.00. The van der Waals surface area contributed by atoms with E-state index in [1.807, 2.05) is 11.8 Å². The molecular weight excluding hydrogens is 240 g/mol. The van der Waals surface area contributed by atoms with Crippen molar-refractivity contribution < 1.29 is 0 Å². The number of nitrogens with one attached hydrogen (secondary N) is 1. The van der Waals surface area contributed by atoms with E-state index >= 15 is 0 Å². The fourth-order valence-electron chi connectivity index (χ4n) is 2.59. The number of likely N-dealkylation sites (tertiary alicyclic amines) is 1. The van der Waals surface area contributed by atoms with E-state index in [4.69, 9.17) is 0 Å². The molecule has 1 atom stereocenters. The van der Waals surface area contributed by atoms with E-state index in [1.165, 1.54) is 38.9 Å². The molecule has 0 aromatic heterocycles. The number of piperidine rings is 1. The van der Waals surface area contributed by atoms with Crippen LogP contribution in [0.2, 0.25) is 0 Å². The van der Waals surface area contributed by atoms with Crippen LogP contribution in [0.3, 0.4) is 0 Å². The Morgan fingerprint density at radius 1 is 1.33 bits per heavy atom. The third-order valence-electron chi connectivity index (χ3n) is 4.26. The highest BCUT2D eigenvalue weighted by Gasteiger charge is 2.27. The van der Waals surface area contributed by atoms with Crippen molar-refractivity contribution in [2.45, 2.75) is 58.2 Å². The van der Waals surface area contributed by atoms with Crippen LogP contribution >= 0.6 is 11.8 Å². The Labute approximate surface area is 118 Å². The lowest BCUT2D eigenvalue weighted by Crippen LogP contribution is -2.46. The summed E-state index contributed by atoms with van der Waals surface area (Å²) in [6.07, 6.45) is 6.26. The van der Waals surface area contributed by atoms with Gasteiger partial charge in [0, 0.05) is 24.4 Å². The minimum absolute atomic E-state index is 0.427. The number of thioether (sulfide) groups is 1. The van der Waals surface area contributed by atoms with Gasteiger partial charge in [0.1, 0.15) is 0 Å². The van der Waals surface area contributed by atoms with Crippen LogP contribution in [0.5, 0.6) is 0 Å². The molecule has 0 saturated carbocycles. The first-order valence-electron chi connectivity index (χ1n) is 7.47. The molecule has 0 amide bonds. The summed E-state index contributed by atoms with van der Waals surface area (Å²) in [5, 5.41) is 4.52. The van der Waals surface area contributed by atoms with Gasteiger partial charge in [-0.15, -0.1) is 0 Å². The van der Waals surface area contributed by atoms with E-state index < -0.39 is 0 Å². The zero-order valence-electron chi connectivity index (χ0n) is 13.0. The maximum atomic E-state index is 3.62. The van der Waals surface area contributed by atoms with Crippen molar-refractivity contribution in [3.63, 3.8) is 0 Å². The highest BCUT2D eigenvalue weighted by Crippen LogP contribution is 2.26. The monoisotopic (exact) mass is 272 g/mol. The lowest BCUT2D eigenvalue weighted by molar-refractivity contribution is 0.135. The molecular formula is C15H32N2S. The SMILES string of the molecule is CCC(C)(CNC(C)C)CN1CCC(SC)CC1. The van der Waals surface area contributed by atoms with Gasteiger partial charge in [-0.1, -0.05) is 27.7 Å². The predicted molar refractivity (Wildman–Crippen MR) is 84.5 cm³/mol. The van der Waals surface area contributed by atoms with Gasteiger partial charge in [0.2, 0.25) is 0 Å². The van der Waals surface area contributed by atoms with Crippen molar-refractivity contribution in [1.29, 1.82) is 0 Å². The summed E-state index contributed by atoms with van der Waals surface area (Å²) in [5.74, 6) is 0. The van der Waals surface area contributed by atoms with Crippen LogP contribution in [0.1, 0.15) is 47.0 Å². The first-order valence-corrected chi connectivity index (χ1v) is 8.76. The molecule has 1 saturated heterocycles. The lowest BCUT2D eigenvalue weighted by Gasteiger charge is -2.39. The molecule has 0 aliphatic carbocycles. The zero-order valence-corrected chi connectivity index (χ0v) is 13.8. The summed E-state index contributed by atoms with van der Waals surface area (Å²) >= 11 is 2.05. The number of nitrogens with zero attached hydrogens (tertiary/aromatic N) is 1. The highest BCUT2D eigenvalue weighted by molar-refractivity contribution is 7.99. The van der Waals surface area contributed by atoms with Crippen LogP contribution in [-0.2, 0) is 0 Å².